The predicted octanol–water partition coefficient (Wildman–Crippen LogP) is 8.31. The van der Waals surface area contributed by atoms with Crippen molar-refractivity contribution in [2.45, 2.75) is 103 Å². The Kier molecular flexibility index (Phi) is 10.9. The third-order valence-corrected chi connectivity index (χ3v) is 15.8. The Morgan fingerprint density at radius 3 is 2.30 bits per heavy atom. The van der Waals surface area contributed by atoms with E-state index in [1.54, 1.807) is 24.1 Å². The van der Waals surface area contributed by atoms with Crippen LogP contribution in [0.2, 0.25) is 43.8 Å². The first kappa shape index (κ1) is 34.4. The lowest BCUT2D eigenvalue weighted by molar-refractivity contribution is -0.124. The molecular formula is C35H53NO6Si2. The van der Waals surface area contributed by atoms with Crippen molar-refractivity contribution < 1.29 is 28.2 Å². The van der Waals surface area contributed by atoms with Gasteiger partial charge < -0.3 is 18.6 Å². The molecule has 1 fully saturated rings. The topological polar surface area (TPSA) is 74.3 Å². The van der Waals surface area contributed by atoms with Gasteiger partial charge in [-0.1, -0.05) is 70.7 Å². The van der Waals surface area contributed by atoms with Crippen LogP contribution in [0.15, 0.2) is 42.5 Å². The van der Waals surface area contributed by atoms with E-state index in [-0.39, 0.29) is 41.4 Å². The summed E-state index contributed by atoms with van der Waals surface area (Å²) in [6, 6.07) is 14.4. The van der Waals surface area contributed by atoms with E-state index in [9.17, 15) is 9.59 Å². The van der Waals surface area contributed by atoms with Gasteiger partial charge in [-0.3, -0.25) is 14.5 Å². The van der Waals surface area contributed by atoms with E-state index in [1.807, 2.05) is 30.3 Å². The summed E-state index contributed by atoms with van der Waals surface area (Å²) in [5.41, 5.74) is 2.02. The average Bonchev–Trinajstić information content (AvgIpc) is 3.35. The monoisotopic (exact) mass is 639 g/mol. The third kappa shape index (κ3) is 8.41. The number of hydrogen-bond acceptors (Lipinski definition) is 6. The van der Waals surface area contributed by atoms with Crippen LogP contribution in [0.3, 0.4) is 0 Å². The Hall–Kier alpha value is -2.47. The maximum atomic E-state index is 14.5. The first-order chi connectivity index (χ1) is 20.6. The minimum absolute atomic E-state index is 0.000270. The second-order valence-corrected chi connectivity index (χ2v) is 25.6. The van der Waals surface area contributed by atoms with Gasteiger partial charge >= 0.3 is 0 Å². The molecule has 44 heavy (non-hydrogen) atoms. The van der Waals surface area contributed by atoms with Crippen molar-refractivity contribution in [1.82, 2.24) is 0 Å². The molecule has 2 unspecified atom stereocenters. The Morgan fingerprint density at radius 2 is 1.66 bits per heavy atom. The summed E-state index contributed by atoms with van der Waals surface area (Å²) in [6.45, 7) is 19.2. The molecule has 1 saturated carbocycles. The number of fused-ring (bicyclic) bond motifs is 2. The van der Waals surface area contributed by atoms with Gasteiger partial charge in [0.15, 0.2) is 25.6 Å². The molecule has 2 aliphatic rings. The number of carbonyl (C=O) groups is 2. The van der Waals surface area contributed by atoms with Crippen molar-refractivity contribution in [1.29, 1.82) is 0 Å². The quantitative estimate of drug-likeness (QED) is 0.182. The standard InChI is InChI=1S/C35H53NO6Si2/c1-35(2,3)44(8,9)42-27-19-26-15-16-31(37)29-21-33(41-23-25-13-11-10-12-14-25)32(39-4)22-30(29)36(34(38)28(26)20-27)24-40-17-18-43(5,6)7/h10-14,21-22,26-28H,15-20,23-24H2,1-9H3/t26?,27?,28-/m1/s1. The van der Waals surface area contributed by atoms with Gasteiger partial charge in [0.1, 0.15) is 13.3 Å². The van der Waals surface area contributed by atoms with Crippen LogP contribution in [0, 0.1) is 11.8 Å². The zero-order chi connectivity index (χ0) is 32.3. The molecule has 0 N–H and O–H groups in total. The van der Waals surface area contributed by atoms with Gasteiger partial charge in [-0.05, 0) is 61.0 Å². The smallest absolute Gasteiger partial charge is 0.232 e. The number of rotatable bonds is 11. The summed E-state index contributed by atoms with van der Waals surface area (Å²) < 4.78 is 24.9. The van der Waals surface area contributed by atoms with E-state index in [0.717, 1.165) is 18.0 Å². The summed E-state index contributed by atoms with van der Waals surface area (Å²) >= 11 is 0. The Balaban J connectivity index is 1.67. The van der Waals surface area contributed by atoms with E-state index in [1.165, 1.54) is 0 Å². The van der Waals surface area contributed by atoms with Crippen LogP contribution in [0.4, 0.5) is 5.69 Å². The number of hydrogen-bond donors (Lipinski definition) is 0. The first-order valence-electron chi connectivity index (χ1n) is 16.1. The average molecular weight is 640 g/mol. The van der Waals surface area contributed by atoms with Crippen molar-refractivity contribution in [2.24, 2.45) is 11.8 Å². The molecule has 1 aliphatic carbocycles. The molecule has 3 atom stereocenters. The first-order valence-corrected chi connectivity index (χ1v) is 22.7. The molecule has 0 bridgehead atoms. The van der Waals surface area contributed by atoms with Crippen LogP contribution < -0.4 is 14.4 Å². The summed E-state index contributed by atoms with van der Waals surface area (Å²) in [7, 11) is -1.76. The number of benzene rings is 2. The summed E-state index contributed by atoms with van der Waals surface area (Å²) in [5.74, 6) is 0.813. The Morgan fingerprint density at radius 1 is 0.955 bits per heavy atom. The molecule has 9 heteroatoms. The van der Waals surface area contributed by atoms with Crippen molar-refractivity contribution in [2.75, 3.05) is 25.3 Å². The summed E-state index contributed by atoms with van der Waals surface area (Å²) in [5, 5.41) is 0.0814. The molecule has 1 heterocycles. The maximum Gasteiger partial charge on any atom is 0.232 e. The highest BCUT2D eigenvalue weighted by Gasteiger charge is 2.47. The van der Waals surface area contributed by atoms with Crippen LogP contribution in [0.1, 0.15) is 62.4 Å². The second-order valence-electron chi connectivity index (χ2n) is 15.2. The van der Waals surface area contributed by atoms with Crippen LogP contribution in [0.25, 0.3) is 0 Å². The van der Waals surface area contributed by atoms with Crippen molar-refractivity contribution in [3.63, 3.8) is 0 Å². The second kappa shape index (κ2) is 13.9. The fourth-order valence-electron chi connectivity index (χ4n) is 5.83. The van der Waals surface area contributed by atoms with Crippen molar-refractivity contribution in [3.05, 3.63) is 53.6 Å². The normalized spacial score (nSPS) is 21.3. The van der Waals surface area contributed by atoms with E-state index < -0.39 is 16.4 Å². The van der Waals surface area contributed by atoms with Gasteiger partial charge in [-0.25, -0.2) is 0 Å². The van der Waals surface area contributed by atoms with Crippen LogP contribution >= 0.6 is 0 Å². The largest absolute Gasteiger partial charge is 0.493 e. The van der Waals surface area contributed by atoms with E-state index in [4.69, 9.17) is 18.6 Å². The summed E-state index contributed by atoms with van der Waals surface area (Å²) in [6.07, 6.45) is 2.50. The number of ether oxygens (including phenoxy) is 3. The molecule has 0 radical (unpaired) electrons. The zero-order valence-electron chi connectivity index (χ0n) is 28.3. The number of methoxy groups -OCH3 is 1. The molecule has 0 aromatic heterocycles. The fourth-order valence-corrected chi connectivity index (χ4v) is 7.96. The highest BCUT2D eigenvalue weighted by atomic mass is 28.4. The van der Waals surface area contributed by atoms with Gasteiger partial charge in [0.05, 0.1) is 12.8 Å². The highest BCUT2D eigenvalue weighted by Crippen LogP contribution is 2.46. The molecule has 1 amide bonds. The van der Waals surface area contributed by atoms with Crippen molar-refractivity contribution in [3.8, 4) is 11.5 Å². The number of amides is 1. The Bertz CT molecular complexity index is 1300. The molecule has 4 rings (SSSR count). The van der Waals surface area contributed by atoms with E-state index in [0.29, 0.717) is 55.2 Å². The SMILES string of the molecule is COc1cc2c(cc1OCc1ccccc1)C(=O)CCC1CC(O[Si](C)(C)C(C)(C)C)C[C@H]1C(=O)N2COCC[Si](C)(C)C. The van der Waals surface area contributed by atoms with Gasteiger partial charge in [0.2, 0.25) is 5.91 Å². The summed E-state index contributed by atoms with van der Waals surface area (Å²) in [4.78, 5) is 30.1. The minimum Gasteiger partial charge on any atom is -0.493 e. The van der Waals surface area contributed by atoms with E-state index >= 15 is 0 Å². The van der Waals surface area contributed by atoms with Crippen molar-refractivity contribution >= 4 is 33.8 Å². The molecule has 2 aromatic carbocycles. The number of carbonyl (C=O) groups excluding carboxylic acids is 2. The maximum absolute atomic E-state index is 14.5. The number of anilines is 1. The lowest BCUT2D eigenvalue weighted by Crippen LogP contribution is -2.43. The number of ketones is 1. The van der Waals surface area contributed by atoms with Gasteiger partial charge in [-0.15, -0.1) is 0 Å². The zero-order valence-corrected chi connectivity index (χ0v) is 30.3. The van der Waals surface area contributed by atoms with Gasteiger partial charge in [-0.2, -0.15) is 0 Å². The Labute approximate surface area is 266 Å². The van der Waals surface area contributed by atoms with Crippen LogP contribution in [0.5, 0.6) is 11.5 Å². The third-order valence-electron chi connectivity index (χ3n) is 9.57. The highest BCUT2D eigenvalue weighted by molar-refractivity contribution is 6.76. The molecule has 0 spiro atoms. The number of Topliss-reactive ketones (excluding diaryl/α,β-unsaturated/α-hetero) is 1. The lowest BCUT2D eigenvalue weighted by atomic mass is 9.90. The lowest BCUT2D eigenvalue weighted by Gasteiger charge is -2.38. The van der Waals surface area contributed by atoms with Gasteiger partial charge in [0, 0.05) is 44.8 Å². The molecule has 0 saturated heterocycles. The number of nitrogens with zero attached hydrogens (tertiary/aromatic N) is 1. The molecule has 242 valence electrons. The molecule has 2 aromatic rings. The molecule has 1 aliphatic heterocycles. The van der Waals surface area contributed by atoms with Crippen LogP contribution in [-0.2, 0) is 20.6 Å². The van der Waals surface area contributed by atoms with Gasteiger partial charge in [0.25, 0.3) is 0 Å². The predicted molar refractivity (Wildman–Crippen MR) is 182 cm³/mol. The van der Waals surface area contributed by atoms with Crippen LogP contribution in [-0.4, -0.2) is 54.6 Å². The fraction of sp³-hybridized carbons (Fsp3) is 0.600. The van der Waals surface area contributed by atoms with E-state index in [2.05, 4.69) is 53.5 Å². The molecular weight excluding hydrogens is 587 g/mol. The minimum atomic E-state index is -2.02. The molecule has 7 nitrogen and oxygen atoms in total.